The fourth-order valence-corrected chi connectivity index (χ4v) is 3.67. The lowest BCUT2D eigenvalue weighted by molar-refractivity contribution is 0.626. The van der Waals surface area contributed by atoms with Crippen LogP contribution in [-0.2, 0) is 0 Å². The molecule has 0 aromatic heterocycles. The molecule has 3 aromatic carbocycles. The Hall–Kier alpha value is -3.67. The van der Waals surface area contributed by atoms with Crippen LogP contribution in [0.2, 0.25) is 0 Å². The average Bonchev–Trinajstić information content (AvgIpc) is 2.68. The summed E-state index contributed by atoms with van der Waals surface area (Å²) in [7, 11) is 0. The minimum absolute atomic E-state index is 0.365. The Morgan fingerprint density at radius 3 is 1.63 bits per heavy atom. The number of para-hydroxylation sites is 1. The van der Waals surface area contributed by atoms with E-state index >= 15 is 0 Å². The van der Waals surface area contributed by atoms with Crippen molar-refractivity contribution in [1.29, 1.82) is 0 Å². The highest BCUT2D eigenvalue weighted by Gasteiger charge is 2.39. The quantitative estimate of drug-likeness (QED) is 0.568. The van der Waals surface area contributed by atoms with Crippen molar-refractivity contribution in [1.82, 2.24) is 4.90 Å². The van der Waals surface area contributed by atoms with Gasteiger partial charge in [-0.1, -0.05) is 12.1 Å². The van der Waals surface area contributed by atoms with Gasteiger partial charge in [0.1, 0.15) is 29.1 Å². The number of amidine groups is 3. The van der Waals surface area contributed by atoms with Gasteiger partial charge in [0, 0.05) is 16.7 Å². The first-order valence-electron chi connectivity index (χ1n) is 8.44. The molecule has 6 rings (SSSR count). The molecule has 6 heteroatoms. The van der Waals surface area contributed by atoms with Gasteiger partial charge in [0.2, 0.25) is 0 Å². The molecule has 4 nitrogen and oxygen atoms in total. The number of hydrogen-bond acceptors (Lipinski definition) is 4. The van der Waals surface area contributed by atoms with Crippen LogP contribution in [-0.4, -0.2) is 22.4 Å². The zero-order valence-corrected chi connectivity index (χ0v) is 13.8. The van der Waals surface area contributed by atoms with E-state index in [2.05, 4.69) is 0 Å². The van der Waals surface area contributed by atoms with Gasteiger partial charge in [-0.2, -0.15) is 0 Å². The molecule has 3 heterocycles. The van der Waals surface area contributed by atoms with Gasteiger partial charge in [0.05, 0.1) is 17.1 Å². The summed E-state index contributed by atoms with van der Waals surface area (Å²) in [5.41, 5.74) is 4.01. The molecule has 0 saturated heterocycles. The predicted octanol–water partition coefficient (Wildman–Crippen LogP) is 4.84. The number of fused-ring (bicyclic) bond motifs is 6. The first kappa shape index (κ1) is 14.5. The topological polar surface area (TPSA) is 40.3 Å². The number of nitrogens with zero attached hydrogens (tertiary/aromatic N) is 4. The normalized spacial score (nSPS) is 15.6. The minimum atomic E-state index is -0.365. The summed E-state index contributed by atoms with van der Waals surface area (Å²) in [5.74, 6) is 1.01. The van der Waals surface area contributed by atoms with Crippen molar-refractivity contribution >= 4 is 34.6 Å². The van der Waals surface area contributed by atoms with E-state index in [1.54, 1.807) is 17.0 Å². The third-order valence-electron chi connectivity index (χ3n) is 4.86. The maximum absolute atomic E-state index is 13.9. The first-order chi connectivity index (χ1) is 13.2. The lowest BCUT2D eigenvalue weighted by Crippen LogP contribution is -2.48. The SMILES string of the molecule is Fc1ccc2c(c1)C1=Nc3ccc(F)cc3C3=Nc4ccccc4C(=N2)N13. The van der Waals surface area contributed by atoms with Crippen molar-refractivity contribution < 1.29 is 8.78 Å². The average molecular weight is 356 g/mol. The maximum atomic E-state index is 13.9. The van der Waals surface area contributed by atoms with Gasteiger partial charge < -0.3 is 0 Å². The summed E-state index contributed by atoms with van der Waals surface area (Å²) in [6.45, 7) is 0. The van der Waals surface area contributed by atoms with Crippen LogP contribution in [0, 0.1) is 11.6 Å². The molecule has 128 valence electrons. The van der Waals surface area contributed by atoms with Crippen LogP contribution in [0.1, 0.15) is 16.7 Å². The number of hydrogen-bond donors (Lipinski definition) is 0. The molecule has 0 atom stereocenters. The molecule has 0 fully saturated rings. The van der Waals surface area contributed by atoms with Crippen LogP contribution in [0.25, 0.3) is 0 Å². The first-order valence-corrected chi connectivity index (χ1v) is 8.44. The molecular weight excluding hydrogens is 346 g/mol. The molecule has 0 N–H and O–H groups in total. The Labute approximate surface area is 152 Å². The number of benzene rings is 3. The molecule has 3 aliphatic rings. The van der Waals surface area contributed by atoms with Crippen LogP contribution in [0.3, 0.4) is 0 Å². The fourth-order valence-electron chi connectivity index (χ4n) is 3.67. The summed E-state index contributed by atoms with van der Waals surface area (Å²) in [5, 5.41) is 0. The summed E-state index contributed by atoms with van der Waals surface area (Å²) in [6.07, 6.45) is 0. The lowest BCUT2D eigenvalue weighted by atomic mass is 9.98. The van der Waals surface area contributed by atoms with E-state index in [9.17, 15) is 8.78 Å². The van der Waals surface area contributed by atoms with E-state index in [1.807, 2.05) is 24.3 Å². The Bertz CT molecular complexity index is 1250. The zero-order valence-electron chi connectivity index (χ0n) is 13.8. The summed E-state index contributed by atoms with van der Waals surface area (Å²) >= 11 is 0. The van der Waals surface area contributed by atoms with Gasteiger partial charge in [-0.25, -0.2) is 23.8 Å². The fraction of sp³-hybridized carbons (Fsp3) is 0. The van der Waals surface area contributed by atoms with Gasteiger partial charge in [-0.05, 0) is 48.5 Å². The summed E-state index contributed by atoms with van der Waals surface area (Å²) < 4.78 is 27.9. The number of aliphatic imine (C=N–C) groups is 3. The summed E-state index contributed by atoms with van der Waals surface area (Å²) in [6, 6.07) is 16.5. The number of halogens is 2. The molecule has 0 bridgehead atoms. The highest BCUT2D eigenvalue weighted by Crippen LogP contribution is 2.41. The van der Waals surface area contributed by atoms with Gasteiger partial charge >= 0.3 is 0 Å². The molecule has 0 radical (unpaired) electrons. The van der Waals surface area contributed by atoms with E-state index in [4.69, 9.17) is 15.0 Å². The van der Waals surface area contributed by atoms with E-state index < -0.39 is 0 Å². The molecule has 0 amide bonds. The maximum Gasteiger partial charge on any atom is 0.150 e. The standard InChI is InChI=1S/C21H10F2N4/c22-11-5-7-17-14(9-11)21-26-18-8-6-12(23)10-15(18)20-24-16-4-2-1-3-13(16)19(25-17)27(20)21/h1-10H. The van der Waals surface area contributed by atoms with Gasteiger partial charge in [-0.15, -0.1) is 0 Å². The van der Waals surface area contributed by atoms with Crippen molar-refractivity contribution in [2.24, 2.45) is 15.0 Å². The summed E-state index contributed by atoms with van der Waals surface area (Å²) in [4.78, 5) is 16.0. The largest absolute Gasteiger partial charge is 0.261 e. The van der Waals surface area contributed by atoms with Crippen molar-refractivity contribution in [3.8, 4) is 0 Å². The highest BCUT2D eigenvalue weighted by molar-refractivity contribution is 6.36. The van der Waals surface area contributed by atoms with Crippen LogP contribution in [0.4, 0.5) is 25.8 Å². The molecule has 0 saturated carbocycles. The molecule has 3 aliphatic heterocycles. The van der Waals surface area contributed by atoms with E-state index in [0.29, 0.717) is 40.0 Å². The van der Waals surface area contributed by atoms with Crippen LogP contribution in [0.15, 0.2) is 75.6 Å². The van der Waals surface area contributed by atoms with Crippen LogP contribution in [0.5, 0.6) is 0 Å². The Kier molecular flexibility index (Phi) is 2.65. The van der Waals surface area contributed by atoms with Crippen molar-refractivity contribution in [3.63, 3.8) is 0 Å². The van der Waals surface area contributed by atoms with Crippen molar-refractivity contribution in [2.45, 2.75) is 0 Å². The zero-order chi connectivity index (χ0) is 18.1. The van der Waals surface area contributed by atoms with Gasteiger partial charge in [0.25, 0.3) is 0 Å². The molecule has 27 heavy (non-hydrogen) atoms. The smallest absolute Gasteiger partial charge is 0.150 e. The second-order valence-corrected chi connectivity index (χ2v) is 6.48. The lowest BCUT2D eigenvalue weighted by Gasteiger charge is -2.38. The van der Waals surface area contributed by atoms with Crippen LogP contribution < -0.4 is 0 Å². The van der Waals surface area contributed by atoms with E-state index in [1.165, 1.54) is 24.3 Å². The van der Waals surface area contributed by atoms with Crippen molar-refractivity contribution in [2.75, 3.05) is 0 Å². The minimum Gasteiger partial charge on any atom is -0.261 e. The molecule has 0 aliphatic carbocycles. The predicted molar refractivity (Wildman–Crippen MR) is 99.7 cm³/mol. The monoisotopic (exact) mass is 356 g/mol. The molecule has 0 unspecified atom stereocenters. The highest BCUT2D eigenvalue weighted by atomic mass is 19.1. The molecular formula is C21H10F2N4. The second-order valence-electron chi connectivity index (χ2n) is 6.48. The Balaban J connectivity index is 1.76. The van der Waals surface area contributed by atoms with Gasteiger partial charge in [0.15, 0.2) is 0 Å². The number of rotatable bonds is 0. The van der Waals surface area contributed by atoms with E-state index in [0.717, 1.165) is 11.3 Å². The van der Waals surface area contributed by atoms with E-state index in [-0.39, 0.29) is 11.6 Å². The third kappa shape index (κ3) is 1.92. The Morgan fingerprint density at radius 1 is 0.556 bits per heavy atom. The second kappa shape index (κ2) is 4.94. The van der Waals surface area contributed by atoms with Gasteiger partial charge in [-0.3, -0.25) is 4.90 Å². The molecule has 0 spiro atoms. The van der Waals surface area contributed by atoms with Crippen molar-refractivity contribution in [3.05, 3.63) is 89.0 Å². The Morgan fingerprint density at radius 2 is 1.04 bits per heavy atom. The third-order valence-corrected chi connectivity index (χ3v) is 4.86. The molecule has 3 aromatic rings. The van der Waals surface area contributed by atoms with Crippen LogP contribution >= 0.6 is 0 Å².